The van der Waals surface area contributed by atoms with Crippen LogP contribution in [0.15, 0.2) is 60.8 Å². The summed E-state index contributed by atoms with van der Waals surface area (Å²) in [5.41, 5.74) is 0. The van der Waals surface area contributed by atoms with Crippen LogP contribution in [0.4, 0.5) is 0 Å². The molecule has 0 aromatic heterocycles. The largest absolute Gasteiger partial charge is 0.466 e. The molecule has 0 aromatic rings. The Kier molecular flexibility index (Phi) is 53.8. The van der Waals surface area contributed by atoms with Crippen molar-refractivity contribution >= 4 is 11.9 Å². The molecule has 0 bridgehead atoms. The number of allylic oxidation sites excluding steroid dienone is 9. The number of nitrogens with one attached hydrogen (secondary N) is 1. The molecule has 6 N–H and O–H groups in total. The SMILES string of the molecule is CCCCC/C=C/CC/C=C/C(O)C(COC1OC(CO)C(O)C(O)C1O)NC(=O)CCCCCCCCCCC/C=C\C/C=C\CCCCCCCCCCCOC(=O)CCCCCCCCC/C=C\CCCCCCCC. The van der Waals surface area contributed by atoms with E-state index in [9.17, 15) is 35.1 Å². The van der Waals surface area contributed by atoms with Gasteiger partial charge in [0.2, 0.25) is 5.91 Å². The van der Waals surface area contributed by atoms with Gasteiger partial charge in [-0.3, -0.25) is 9.59 Å². The molecule has 1 saturated heterocycles. The first-order valence-electron chi connectivity index (χ1n) is 33.1. The third-order valence-corrected chi connectivity index (χ3v) is 15.3. The number of hydrogen-bond acceptors (Lipinski definition) is 10. The monoisotopic (exact) mass is 1110 g/mol. The maximum atomic E-state index is 13.0. The summed E-state index contributed by atoms with van der Waals surface area (Å²) >= 11 is 0. The number of carbonyl (C=O) groups is 2. The van der Waals surface area contributed by atoms with Gasteiger partial charge in [0.25, 0.3) is 0 Å². The van der Waals surface area contributed by atoms with Crippen molar-refractivity contribution in [3.05, 3.63) is 60.8 Å². The number of aliphatic hydroxyl groups is 5. The molecule has 0 aromatic carbocycles. The molecule has 11 nitrogen and oxygen atoms in total. The second-order valence-electron chi connectivity index (χ2n) is 22.8. The first-order valence-corrected chi connectivity index (χ1v) is 33.1. The molecule has 7 atom stereocenters. The van der Waals surface area contributed by atoms with Crippen molar-refractivity contribution in [2.75, 3.05) is 19.8 Å². The number of ether oxygens (including phenoxy) is 3. The maximum absolute atomic E-state index is 13.0. The molecular formula is C68H123NO10. The Morgan fingerprint density at radius 2 is 0.861 bits per heavy atom. The molecular weight excluding hydrogens is 991 g/mol. The molecule has 1 fully saturated rings. The van der Waals surface area contributed by atoms with Crippen molar-refractivity contribution in [2.45, 2.75) is 339 Å². The molecule has 1 amide bonds. The van der Waals surface area contributed by atoms with Crippen molar-refractivity contribution in [3.63, 3.8) is 0 Å². The van der Waals surface area contributed by atoms with Crippen molar-refractivity contribution in [1.82, 2.24) is 5.32 Å². The third kappa shape index (κ3) is 46.5. The number of carbonyl (C=O) groups excluding carboxylic acids is 2. The number of unbranched alkanes of at least 4 members (excludes halogenated alkanes) is 35. The zero-order valence-electron chi connectivity index (χ0n) is 50.8. The highest BCUT2D eigenvalue weighted by Gasteiger charge is 2.44. The minimum atomic E-state index is -1.58. The third-order valence-electron chi connectivity index (χ3n) is 15.3. The maximum Gasteiger partial charge on any atom is 0.305 e. The van der Waals surface area contributed by atoms with E-state index in [0.717, 1.165) is 83.5 Å². The lowest BCUT2D eigenvalue weighted by Gasteiger charge is -2.40. The molecule has 1 heterocycles. The van der Waals surface area contributed by atoms with Gasteiger partial charge in [0.05, 0.1) is 32.0 Å². The van der Waals surface area contributed by atoms with Crippen LogP contribution < -0.4 is 5.32 Å². The summed E-state index contributed by atoms with van der Waals surface area (Å²) in [5.74, 6) is -0.207. The number of hydrogen-bond donors (Lipinski definition) is 6. The average molecular weight is 1110 g/mol. The number of esters is 1. The topological polar surface area (TPSA) is 175 Å². The average Bonchev–Trinajstić information content (AvgIpc) is 3.46. The Bertz CT molecular complexity index is 1500. The molecule has 1 rings (SSSR count). The predicted molar refractivity (Wildman–Crippen MR) is 329 cm³/mol. The Balaban J connectivity index is 1.97. The van der Waals surface area contributed by atoms with E-state index >= 15 is 0 Å². The summed E-state index contributed by atoms with van der Waals surface area (Å²) in [5, 5.41) is 54.2. The van der Waals surface area contributed by atoms with E-state index in [-0.39, 0.29) is 18.5 Å². The van der Waals surface area contributed by atoms with Crippen LogP contribution in [0, 0.1) is 0 Å². The minimum Gasteiger partial charge on any atom is -0.466 e. The zero-order chi connectivity index (χ0) is 57.3. The highest BCUT2D eigenvalue weighted by atomic mass is 16.7. The van der Waals surface area contributed by atoms with Crippen LogP contribution in [0.5, 0.6) is 0 Å². The summed E-state index contributed by atoms with van der Waals surface area (Å²) in [7, 11) is 0. The Hall–Kier alpha value is -2.64. The van der Waals surface area contributed by atoms with Gasteiger partial charge in [0.15, 0.2) is 6.29 Å². The lowest BCUT2D eigenvalue weighted by atomic mass is 9.99. The molecule has 0 aliphatic carbocycles. The van der Waals surface area contributed by atoms with Crippen molar-refractivity contribution in [3.8, 4) is 0 Å². The van der Waals surface area contributed by atoms with Gasteiger partial charge in [-0.2, -0.15) is 0 Å². The minimum absolute atomic E-state index is 0.00579. The predicted octanol–water partition coefficient (Wildman–Crippen LogP) is 16.2. The molecule has 7 unspecified atom stereocenters. The van der Waals surface area contributed by atoms with Gasteiger partial charge in [0, 0.05) is 12.8 Å². The molecule has 1 aliphatic rings. The first-order chi connectivity index (χ1) is 38.7. The van der Waals surface area contributed by atoms with Crippen LogP contribution in [0.2, 0.25) is 0 Å². The number of amides is 1. The molecule has 0 radical (unpaired) electrons. The highest BCUT2D eigenvalue weighted by Crippen LogP contribution is 2.23. The van der Waals surface area contributed by atoms with E-state index in [4.69, 9.17) is 14.2 Å². The number of rotatable bonds is 57. The van der Waals surface area contributed by atoms with Crippen molar-refractivity contribution in [1.29, 1.82) is 0 Å². The van der Waals surface area contributed by atoms with Crippen LogP contribution >= 0.6 is 0 Å². The number of aliphatic hydroxyl groups excluding tert-OH is 5. The van der Waals surface area contributed by atoms with Gasteiger partial charge in [0.1, 0.15) is 24.4 Å². The molecule has 79 heavy (non-hydrogen) atoms. The van der Waals surface area contributed by atoms with Crippen LogP contribution in [0.1, 0.15) is 296 Å². The van der Waals surface area contributed by atoms with Crippen molar-refractivity contribution < 1.29 is 49.3 Å². The lowest BCUT2D eigenvalue weighted by Crippen LogP contribution is -2.60. The van der Waals surface area contributed by atoms with Gasteiger partial charge in [-0.1, -0.05) is 242 Å². The molecule has 460 valence electrons. The normalized spacial score (nSPS) is 18.8. The van der Waals surface area contributed by atoms with E-state index in [1.165, 1.54) is 186 Å². The quantitative estimate of drug-likeness (QED) is 0.0195. The Morgan fingerprint density at radius 1 is 0.468 bits per heavy atom. The first kappa shape index (κ1) is 74.4. The van der Waals surface area contributed by atoms with E-state index in [1.807, 2.05) is 6.08 Å². The Morgan fingerprint density at radius 3 is 1.35 bits per heavy atom. The fourth-order valence-electron chi connectivity index (χ4n) is 10.1. The van der Waals surface area contributed by atoms with Crippen molar-refractivity contribution in [2.24, 2.45) is 0 Å². The summed E-state index contributed by atoms with van der Waals surface area (Å²) in [6.45, 7) is 4.27. The molecule has 0 saturated carbocycles. The van der Waals surface area contributed by atoms with Crippen LogP contribution in [0.3, 0.4) is 0 Å². The van der Waals surface area contributed by atoms with Crippen LogP contribution in [-0.4, -0.2) is 100 Å². The summed E-state index contributed by atoms with van der Waals surface area (Å²) in [6.07, 6.45) is 65.0. The zero-order valence-corrected chi connectivity index (χ0v) is 50.8. The molecule has 0 spiro atoms. The van der Waals surface area contributed by atoms with Gasteiger partial charge >= 0.3 is 5.97 Å². The standard InChI is InChI=1S/C68H123NO10/c1-3-5-7-9-11-13-14-15-16-26-30-33-36-40-44-48-52-56-64(73)77-57-53-49-45-41-37-34-31-28-25-23-21-19-17-18-20-22-24-27-29-32-35-39-43-47-51-55-63(72)69-60(61(71)54-50-46-42-38-12-10-8-6-4-2)59-78-68-67(76)66(75)65(74)62(58-70)79-68/h12,15-16,18-21,38,50,54,60-62,65-68,70-71,74-76H,3-11,13-14,17,22-37,39-49,51-53,55-59H2,1-2H3,(H,69,72)/b16-15-,20-18-,21-19-,38-12+,54-50+. The van der Waals surface area contributed by atoms with E-state index in [0.29, 0.717) is 19.4 Å². The van der Waals surface area contributed by atoms with Crippen LogP contribution in [0.25, 0.3) is 0 Å². The fraction of sp³-hybridized carbons (Fsp3) is 0.824. The van der Waals surface area contributed by atoms with Gasteiger partial charge < -0.3 is 45.1 Å². The van der Waals surface area contributed by atoms with Gasteiger partial charge in [-0.05, 0) is 103 Å². The summed E-state index contributed by atoms with van der Waals surface area (Å²) < 4.78 is 16.7. The smallest absolute Gasteiger partial charge is 0.305 e. The highest BCUT2D eigenvalue weighted by molar-refractivity contribution is 5.76. The van der Waals surface area contributed by atoms with Gasteiger partial charge in [-0.15, -0.1) is 0 Å². The second-order valence-corrected chi connectivity index (χ2v) is 22.8. The van der Waals surface area contributed by atoms with Crippen LogP contribution in [-0.2, 0) is 23.8 Å². The Labute approximate surface area is 484 Å². The summed E-state index contributed by atoms with van der Waals surface area (Å²) in [4.78, 5) is 25.1. The van der Waals surface area contributed by atoms with E-state index in [1.54, 1.807) is 6.08 Å². The molecule has 11 heteroatoms. The molecule has 1 aliphatic heterocycles. The fourth-order valence-corrected chi connectivity index (χ4v) is 10.1. The van der Waals surface area contributed by atoms with E-state index in [2.05, 4.69) is 67.8 Å². The second kappa shape index (κ2) is 57.2. The van der Waals surface area contributed by atoms with E-state index < -0.39 is 49.5 Å². The summed E-state index contributed by atoms with van der Waals surface area (Å²) in [6, 6.07) is -0.832. The van der Waals surface area contributed by atoms with Gasteiger partial charge in [-0.25, -0.2) is 0 Å². The lowest BCUT2D eigenvalue weighted by molar-refractivity contribution is -0.302.